The number of benzene rings is 2. The predicted molar refractivity (Wildman–Crippen MR) is 99.4 cm³/mol. The van der Waals surface area contributed by atoms with Crippen molar-refractivity contribution >= 4 is 44.9 Å². The number of anilines is 1. The van der Waals surface area contributed by atoms with Crippen molar-refractivity contribution in [1.82, 2.24) is 10.2 Å². The van der Waals surface area contributed by atoms with E-state index < -0.39 is 0 Å². The highest BCUT2D eigenvalue weighted by atomic mass is 32.2. The molecular formula is C17H17N3O2S2. The summed E-state index contributed by atoms with van der Waals surface area (Å²) in [6.07, 6.45) is 0. The molecule has 3 rings (SSSR count). The molecule has 0 saturated carbocycles. The first-order valence-electron chi connectivity index (χ1n) is 7.45. The number of methoxy groups -OCH3 is 1. The van der Waals surface area contributed by atoms with Crippen molar-refractivity contribution in [1.29, 1.82) is 0 Å². The SMILES string of the molecule is COc1cc2ccccc2cc1C(=O)Nc1nnc(SC(C)C)s1. The van der Waals surface area contributed by atoms with Gasteiger partial charge in [0.1, 0.15) is 5.75 Å². The minimum atomic E-state index is -0.255. The van der Waals surface area contributed by atoms with Crippen LogP contribution in [0.4, 0.5) is 5.13 Å². The summed E-state index contributed by atoms with van der Waals surface area (Å²) in [7, 11) is 1.56. The molecule has 124 valence electrons. The Morgan fingerprint density at radius 1 is 1.21 bits per heavy atom. The number of nitrogens with one attached hydrogen (secondary N) is 1. The van der Waals surface area contributed by atoms with E-state index in [1.165, 1.54) is 11.3 Å². The third-order valence-electron chi connectivity index (χ3n) is 3.28. The summed E-state index contributed by atoms with van der Waals surface area (Å²) in [5, 5.41) is 13.8. The van der Waals surface area contributed by atoms with Crippen LogP contribution >= 0.6 is 23.1 Å². The Hall–Kier alpha value is -2.12. The van der Waals surface area contributed by atoms with Gasteiger partial charge in [0, 0.05) is 5.25 Å². The minimum Gasteiger partial charge on any atom is -0.496 e. The molecule has 24 heavy (non-hydrogen) atoms. The first-order valence-corrected chi connectivity index (χ1v) is 9.14. The molecule has 2 aromatic carbocycles. The fourth-order valence-electron chi connectivity index (χ4n) is 2.24. The highest BCUT2D eigenvalue weighted by Gasteiger charge is 2.16. The highest BCUT2D eigenvalue weighted by molar-refractivity contribution is 8.01. The number of nitrogens with zero attached hydrogens (tertiary/aromatic N) is 2. The maximum Gasteiger partial charge on any atom is 0.261 e. The zero-order valence-electron chi connectivity index (χ0n) is 13.6. The van der Waals surface area contributed by atoms with E-state index in [-0.39, 0.29) is 5.91 Å². The molecule has 0 aliphatic carbocycles. The van der Waals surface area contributed by atoms with Crippen molar-refractivity contribution in [3.63, 3.8) is 0 Å². The number of amides is 1. The number of carbonyl (C=O) groups excluding carboxylic acids is 1. The Kier molecular flexibility index (Phi) is 5.01. The summed E-state index contributed by atoms with van der Waals surface area (Å²) < 4.78 is 6.21. The summed E-state index contributed by atoms with van der Waals surface area (Å²) in [6, 6.07) is 11.5. The number of carbonyl (C=O) groups is 1. The van der Waals surface area contributed by atoms with Crippen LogP contribution in [0.15, 0.2) is 40.7 Å². The molecule has 0 aliphatic rings. The Morgan fingerprint density at radius 3 is 2.58 bits per heavy atom. The van der Waals surface area contributed by atoms with E-state index in [9.17, 15) is 4.79 Å². The van der Waals surface area contributed by atoms with E-state index in [0.29, 0.717) is 21.7 Å². The number of hydrogen-bond acceptors (Lipinski definition) is 6. The van der Waals surface area contributed by atoms with Gasteiger partial charge in [-0.3, -0.25) is 10.1 Å². The van der Waals surface area contributed by atoms with E-state index in [2.05, 4.69) is 29.4 Å². The van der Waals surface area contributed by atoms with Crippen LogP contribution in [0.1, 0.15) is 24.2 Å². The van der Waals surface area contributed by atoms with Crippen molar-refractivity contribution in [2.75, 3.05) is 12.4 Å². The lowest BCUT2D eigenvalue weighted by molar-refractivity contribution is 0.102. The molecule has 0 bridgehead atoms. The Labute approximate surface area is 148 Å². The number of fused-ring (bicyclic) bond motifs is 1. The quantitative estimate of drug-likeness (QED) is 0.538. The summed E-state index contributed by atoms with van der Waals surface area (Å²) in [6.45, 7) is 4.18. The molecule has 0 fully saturated rings. The van der Waals surface area contributed by atoms with Gasteiger partial charge in [-0.15, -0.1) is 10.2 Å². The van der Waals surface area contributed by atoms with Crippen molar-refractivity contribution < 1.29 is 9.53 Å². The summed E-state index contributed by atoms with van der Waals surface area (Å²) in [5.41, 5.74) is 0.476. The zero-order chi connectivity index (χ0) is 17.1. The molecule has 0 aliphatic heterocycles. The maximum atomic E-state index is 12.6. The molecule has 1 heterocycles. The smallest absolute Gasteiger partial charge is 0.261 e. The van der Waals surface area contributed by atoms with Crippen molar-refractivity contribution in [3.05, 3.63) is 42.0 Å². The molecule has 0 spiro atoms. The number of hydrogen-bond donors (Lipinski definition) is 1. The van der Waals surface area contributed by atoms with Crippen molar-refractivity contribution in [2.45, 2.75) is 23.4 Å². The maximum absolute atomic E-state index is 12.6. The Bertz CT molecular complexity index is 877. The van der Waals surface area contributed by atoms with E-state index >= 15 is 0 Å². The van der Waals surface area contributed by atoms with Crippen LogP contribution in [-0.4, -0.2) is 28.5 Å². The molecule has 0 unspecified atom stereocenters. The lowest BCUT2D eigenvalue weighted by Crippen LogP contribution is -2.13. The number of thioether (sulfide) groups is 1. The predicted octanol–water partition coefficient (Wildman–Crippen LogP) is 4.45. The average Bonchev–Trinajstić information content (AvgIpc) is 2.99. The van der Waals surface area contributed by atoms with Gasteiger partial charge in [-0.2, -0.15) is 0 Å². The van der Waals surface area contributed by atoms with Gasteiger partial charge in [-0.05, 0) is 22.9 Å². The zero-order valence-corrected chi connectivity index (χ0v) is 15.2. The molecule has 0 saturated heterocycles. The van der Waals surface area contributed by atoms with Crippen LogP contribution in [0.3, 0.4) is 0 Å². The van der Waals surface area contributed by atoms with Crippen molar-refractivity contribution in [3.8, 4) is 5.75 Å². The molecule has 5 nitrogen and oxygen atoms in total. The van der Waals surface area contributed by atoms with Crippen LogP contribution < -0.4 is 10.1 Å². The van der Waals surface area contributed by atoms with Crippen LogP contribution in [0.2, 0.25) is 0 Å². The van der Waals surface area contributed by atoms with Gasteiger partial charge in [-0.25, -0.2) is 0 Å². The average molecular weight is 359 g/mol. The van der Waals surface area contributed by atoms with E-state index in [1.807, 2.05) is 36.4 Å². The topological polar surface area (TPSA) is 64.1 Å². The summed E-state index contributed by atoms with van der Waals surface area (Å²) in [4.78, 5) is 12.6. The minimum absolute atomic E-state index is 0.255. The Morgan fingerprint density at radius 2 is 1.92 bits per heavy atom. The number of rotatable bonds is 5. The third-order valence-corrected chi connectivity index (χ3v) is 5.20. The van der Waals surface area contributed by atoms with Crippen LogP contribution in [0.25, 0.3) is 10.8 Å². The highest BCUT2D eigenvalue weighted by Crippen LogP contribution is 2.30. The second-order valence-corrected chi connectivity index (χ2v) is 8.19. The van der Waals surface area contributed by atoms with Gasteiger partial charge in [-0.1, -0.05) is 61.2 Å². The fourth-order valence-corrected chi connectivity index (χ4v) is 4.21. The Balaban J connectivity index is 1.86. The van der Waals surface area contributed by atoms with Crippen LogP contribution in [-0.2, 0) is 0 Å². The first-order chi connectivity index (χ1) is 11.6. The summed E-state index contributed by atoms with van der Waals surface area (Å²) in [5.74, 6) is 0.280. The van der Waals surface area contributed by atoms with Crippen molar-refractivity contribution in [2.24, 2.45) is 0 Å². The van der Waals surface area contributed by atoms with Gasteiger partial charge in [0.2, 0.25) is 5.13 Å². The second kappa shape index (κ2) is 7.19. The van der Waals surface area contributed by atoms with Gasteiger partial charge < -0.3 is 4.74 Å². The largest absolute Gasteiger partial charge is 0.496 e. The number of aromatic nitrogens is 2. The van der Waals surface area contributed by atoms with E-state index in [0.717, 1.165) is 15.1 Å². The fraction of sp³-hybridized carbons (Fsp3) is 0.235. The van der Waals surface area contributed by atoms with Gasteiger partial charge >= 0.3 is 0 Å². The normalized spacial score (nSPS) is 11.0. The van der Waals surface area contributed by atoms with Gasteiger partial charge in [0.05, 0.1) is 12.7 Å². The molecule has 0 atom stereocenters. The third kappa shape index (κ3) is 3.68. The number of ether oxygens (including phenoxy) is 1. The van der Waals surface area contributed by atoms with Gasteiger partial charge in [0.15, 0.2) is 4.34 Å². The summed E-state index contributed by atoms with van der Waals surface area (Å²) >= 11 is 2.99. The van der Waals surface area contributed by atoms with Gasteiger partial charge in [0.25, 0.3) is 5.91 Å². The molecular weight excluding hydrogens is 342 g/mol. The lowest BCUT2D eigenvalue weighted by Gasteiger charge is -2.09. The van der Waals surface area contributed by atoms with E-state index in [4.69, 9.17) is 4.74 Å². The molecule has 1 N–H and O–H groups in total. The molecule has 1 aromatic heterocycles. The first kappa shape index (κ1) is 16.7. The standard InChI is InChI=1S/C17H17N3O2S2/c1-10(2)23-17-20-19-16(24-17)18-15(21)13-8-11-6-4-5-7-12(11)9-14(13)22-3/h4-10H,1-3H3,(H,18,19,21). The van der Waals surface area contributed by atoms with E-state index in [1.54, 1.807) is 18.9 Å². The monoisotopic (exact) mass is 359 g/mol. The molecule has 7 heteroatoms. The molecule has 0 radical (unpaired) electrons. The lowest BCUT2D eigenvalue weighted by atomic mass is 10.1. The van der Waals surface area contributed by atoms with Crippen LogP contribution in [0.5, 0.6) is 5.75 Å². The molecule has 1 amide bonds. The van der Waals surface area contributed by atoms with Crippen LogP contribution in [0, 0.1) is 0 Å². The molecule has 3 aromatic rings. The second-order valence-electron chi connectivity index (χ2n) is 5.39.